The molecule has 2 rings (SSSR count). The van der Waals surface area contributed by atoms with Gasteiger partial charge >= 0.3 is 0 Å². The molecule has 6 nitrogen and oxygen atoms in total. The molecule has 0 spiro atoms. The number of Topliss-reactive ketones (excluding diaryl/α,β-unsaturated/α-hetero) is 1. The summed E-state index contributed by atoms with van der Waals surface area (Å²) >= 11 is 0. The van der Waals surface area contributed by atoms with Crippen molar-refractivity contribution < 1.29 is 21.6 Å². The molecule has 0 unspecified atom stereocenters. The summed E-state index contributed by atoms with van der Waals surface area (Å²) in [6.07, 6.45) is 1.12. The van der Waals surface area contributed by atoms with Crippen molar-refractivity contribution in [3.63, 3.8) is 0 Å². The Morgan fingerprint density at radius 2 is 1.35 bits per heavy atom. The third-order valence-corrected chi connectivity index (χ3v) is 7.34. The van der Waals surface area contributed by atoms with E-state index in [1.807, 2.05) is 0 Å². The van der Waals surface area contributed by atoms with Crippen molar-refractivity contribution in [2.45, 2.75) is 29.7 Å². The SMILES string of the molecule is CC(=O)c1ccc(S(=O)(=O)N(C)[C@H](C)c2ccc(S(C)(=O)=O)cc2)cc1. The maximum absolute atomic E-state index is 12.8. The lowest BCUT2D eigenvalue weighted by molar-refractivity contribution is 0.101. The molecule has 26 heavy (non-hydrogen) atoms. The molecule has 8 heteroatoms. The highest BCUT2D eigenvalue weighted by molar-refractivity contribution is 7.90. The first-order valence-electron chi connectivity index (χ1n) is 7.83. The zero-order valence-corrected chi connectivity index (χ0v) is 16.6. The van der Waals surface area contributed by atoms with Crippen LogP contribution in [0.3, 0.4) is 0 Å². The molecule has 2 aromatic carbocycles. The molecule has 0 N–H and O–H groups in total. The van der Waals surface area contributed by atoms with Gasteiger partial charge in [0.25, 0.3) is 0 Å². The Kier molecular flexibility index (Phi) is 5.70. The quantitative estimate of drug-likeness (QED) is 0.702. The summed E-state index contributed by atoms with van der Waals surface area (Å²) in [6, 6.07) is 11.4. The lowest BCUT2D eigenvalue weighted by Gasteiger charge is -2.25. The third-order valence-electron chi connectivity index (χ3n) is 4.27. The van der Waals surface area contributed by atoms with Gasteiger partial charge in [0.05, 0.1) is 9.79 Å². The first kappa shape index (κ1) is 20.3. The number of sulfonamides is 1. The standard InChI is InChI=1S/C18H21NO5S2/c1-13(15-5-9-17(10-6-15)25(4,21)22)19(3)26(23,24)18-11-7-16(8-12-18)14(2)20/h5-13H,1-4H3/t13-/m1/s1. The monoisotopic (exact) mass is 395 g/mol. The summed E-state index contributed by atoms with van der Waals surface area (Å²) in [5.74, 6) is -0.137. The number of carbonyl (C=O) groups excluding carboxylic acids is 1. The molecular weight excluding hydrogens is 374 g/mol. The summed E-state index contributed by atoms with van der Waals surface area (Å²) < 4.78 is 49.9. The van der Waals surface area contributed by atoms with Crippen LogP contribution >= 0.6 is 0 Å². The molecule has 0 aliphatic carbocycles. The van der Waals surface area contributed by atoms with Crippen molar-refractivity contribution >= 4 is 25.6 Å². The smallest absolute Gasteiger partial charge is 0.243 e. The molecule has 0 aliphatic rings. The van der Waals surface area contributed by atoms with Crippen molar-refractivity contribution in [2.75, 3.05) is 13.3 Å². The number of hydrogen-bond donors (Lipinski definition) is 0. The summed E-state index contributed by atoms with van der Waals surface area (Å²) in [5, 5.41) is 0. The molecule has 140 valence electrons. The number of rotatable bonds is 6. The van der Waals surface area contributed by atoms with Gasteiger partial charge in [0.1, 0.15) is 0 Å². The van der Waals surface area contributed by atoms with E-state index in [9.17, 15) is 21.6 Å². The highest BCUT2D eigenvalue weighted by atomic mass is 32.2. The molecule has 1 atom stereocenters. The van der Waals surface area contributed by atoms with Gasteiger partial charge in [-0.2, -0.15) is 4.31 Å². The van der Waals surface area contributed by atoms with Crippen molar-refractivity contribution in [2.24, 2.45) is 0 Å². The summed E-state index contributed by atoms with van der Waals surface area (Å²) in [6.45, 7) is 3.13. The predicted molar refractivity (Wildman–Crippen MR) is 99.4 cm³/mol. The molecular formula is C18H21NO5S2. The van der Waals surface area contributed by atoms with E-state index < -0.39 is 25.9 Å². The molecule has 0 amide bonds. The molecule has 0 radical (unpaired) electrons. The molecule has 0 saturated heterocycles. The van der Waals surface area contributed by atoms with Crippen LogP contribution in [0.25, 0.3) is 0 Å². The van der Waals surface area contributed by atoms with Gasteiger partial charge in [0.2, 0.25) is 10.0 Å². The summed E-state index contributed by atoms with van der Waals surface area (Å²) in [7, 11) is -5.61. The summed E-state index contributed by atoms with van der Waals surface area (Å²) in [4.78, 5) is 11.6. The minimum Gasteiger partial charge on any atom is -0.295 e. The third kappa shape index (κ3) is 4.20. The van der Waals surface area contributed by atoms with E-state index in [1.54, 1.807) is 19.1 Å². The second-order valence-corrected chi connectivity index (χ2v) is 10.1. The second-order valence-electron chi connectivity index (χ2n) is 6.12. The van der Waals surface area contributed by atoms with Gasteiger partial charge in [-0.3, -0.25) is 4.79 Å². The predicted octanol–water partition coefficient (Wildman–Crippen LogP) is 2.67. The average Bonchev–Trinajstić information content (AvgIpc) is 2.59. The van der Waals surface area contributed by atoms with Gasteiger partial charge < -0.3 is 0 Å². The van der Waals surface area contributed by atoms with E-state index in [0.717, 1.165) is 6.26 Å². The molecule has 2 aromatic rings. The van der Waals surface area contributed by atoms with E-state index in [2.05, 4.69) is 0 Å². The van der Waals surface area contributed by atoms with E-state index >= 15 is 0 Å². The van der Waals surface area contributed by atoms with Crippen LogP contribution in [0.15, 0.2) is 58.3 Å². The Hall–Kier alpha value is -2.03. The largest absolute Gasteiger partial charge is 0.295 e. The van der Waals surface area contributed by atoms with Crippen LogP contribution in [-0.4, -0.2) is 40.2 Å². The fraction of sp³-hybridized carbons (Fsp3) is 0.278. The maximum atomic E-state index is 12.8. The topological polar surface area (TPSA) is 88.6 Å². The van der Waals surface area contributed by atoms with Crippen molar-refractivity contribution in [3.05, 3.63) is 59.7 Å². The van der Waals surface area contributed by atoms with Crippen molar-refractivity contribution in [1.82, 2.24) is 4.31 Å². The van der Waals surface area contributed by atoms with Gasteiger partial charge in [-0.15, -0.1) is 0 Å². The lowest BCUT2D eigenvalue weighted by Crippen LogP contribution is -2.29. The van der Waals surface area contributed by atoms with Crippen LogP contribution in [0, 0.1) is 0 Å². The molecule has 0 bridgehead atoms. The highest BCUT2D eigenvalue weighted by Gasteiger charge is 2.26. The van der Waals surface area contributed by atoms with Crippen LogP contribution in [0.5, 0.6) is 0 Å². The number of hydrogen-bond acceptors (Lipinski definition) is 5. The van der Waals surface area contributed by atoms with Crippen molar-refractivity contribution in [1.29, 1.82) is 0 Å². The number of nitrogens with zero attached hydrogens (tertiary/aromatic N) is 1. The van der Waals surface area contributed by atoms with Crippen LogP contribution in [0.4, 0.5) is 0 Å². The molecule has 0 aliphatic heterocycles. The van der Waals surface area contributed by atoms with Gasteiger partial charge in [0, 0.05) is 24.9 Å². The average molecular weight is 396 g/mol. The lowest BCUT2D eigenvalue weighted by atomic mass is 10.1. The van der Waals surface area contributed by atoms with Gasteiger partial charge in [0.15, 0.2) is 15.6 Å². The first-order valence-corrected chi connectivity index (χ1v) is 11.2. The van der Waals surface area contributed by atoms with Crippen LogP contribution in [0.2, 0.25) is 0 Å². The Labute approximate surface area is 154 Å². The van der Waals surface area contributed by atoms with E-state index in [-0.39, 0.29) is 15.6 Å². The van der Waals surface area contributed by atoms with Crippen molar-refractivity contribution in [3.8, 4) is 0 Å². The summed E-state index contributed by atoms with van der Waals surface area (Å²) in [5.41, 5.74) is 1.11. The fourth-order valence-corrected chi connectivity index (χ4v) is 4.42. The minimum absolute atomic E-state index is 0.0876. The molecule has 0 heterocycles. The molecule has 0 aromatic heterocycles. The Morgan fingerprint density at radius 1 is 0.885 bits per heavy atom. The van der Waals surface area contributed by atoms with E-state index in [0.29, 0.717) is 11.1 Å². The first-order chi connectivity index (χ1) is 11.9. The molecule has 0 fully saturated rings. The van der Waals surface area contributed by atoms with E-state index in [1.165, 1.54) is 54.7 Å². The Morgan fingerprint density at radius 3 is 1.77 bits per heavy atom. The van der Waals surface area contributed by atoms with E-state index in [4.69, 9.17) is 0 Å². The second kappa shape index (κ2) is 7.30. The van der Waals surface area contributed by atoms with Gasteiger partial charge in [-0.25, -0.2) is 16.8 Å². The number of carbonyl (C=O) groups is 1. The minimum atomic E-state index is -3.76. The maximum Gasteiger partial charge on any atom is 0.243 e. The van der Waals surface area contributed by atoms with Crippen LogP contribution in [0.1, 0.15) is 35.8 Å². The van der Waals surface area contributed by atoms with Gasteiger partial charge in [-0.1, -0.05) is 24.3 Å². The zero-order chi connectivity index (χ0) is 19.7. The Balaban J connectivity index is 2.30. The zero-order valence-electron chi connectivity index (χ0n) is 15.0. The Bertz CT molecular complexity index is 1010. The van der Waals surface area contributed by atoms with Crippen LogP contribution < -0.4 is 0 Å². The number of benzene rings is 2. The van der Waals surface area contributed by atoms with Gasteiger partial charge in [-0.05, 0) is 43.7 Å². The number of sulfone groups is 1. The normalized spacial score (nSPS) is 13.6. The van der Waals surface area contributed by atoms with Crippen LogP contribution in [-0.2, 0) is 19.9 Å². The highest BCUT2D eigenvalue weighted by Crippen LogP contribution is 2.26. The fourth-order valence-electron chi connectivity index (χ4n) is 2.44. The molecule has 0 saturated carbocycles. The number of ketones is 1.